The van der Waals surface area contributed by atoms with Crippen molar-refractivity contribution >= 4 is 0 Å². The van der Waals surface area contributed by atoms with Gasteiger partial charge in [0, 0.05) is 31.0 Å². The summed E-state index contributed by atoms with van der Waals surface area (Å²) in [5.41, 5.74) is 7.47. The van der Waals surface area contributed by atoms with Gasteiger partial charge in [-0.2, -0.15) is 0 Å². The maximum absolute atomic E-state index is 6.18. The Morgan fingerprint density at radius 2 is 2.07 bits per heavy atom. The van der Waals surface area contributed by atoms with Gasteiger partial charge in [0.2, 0.25) is 0 Å². The molecule has 2 atom stereocenters. The van der Waals surface area contributed by atoms with Crippen molar-refractivity contribution in [1.29, 1.82) is 0 Å². The van der Waals surface area contributed by atoms with Crippen molar-refractivity contribution in [2.75, 3.05) is 6.54 Å². The van der Waals surface area contributed by atoms with Gasteiger partial charge in [0.25, 0.3) is 0 Å². The fraction of sp³-hybridized carbons (Fsp3) is 0.583. The molecule has 3 heteroatoms. The topological polar surface area (TPSA) is 42.1 Å². The molecule has 0 unspecified atom stereocenters. The van der Waals surface area contributed by atoms with Gasteiger partial charge in [-0.15, -0.1) is 0 Å². The van der Waals surface area contributed by atoms with E-state index in [2.05, 4.69) is 35.9 Å². The lowest BCUT2D eigenvalue weighted by atomic mass is 10.0. The summed E-state index contributed by atoms with van der Waals surface area (Å²) in [5, 5.41) is 0. The number of hydrogen-bond acceptors (Lipinski definition) is 3. The second-order valence-corrected chi connectivity index (χ2v) is 4.51. The Kier molecular flexibility index (Phi) is 3.03. The highest BCUT2D eigenvalue weighted by molar-refractivity contribution is 5.19. The summed E-state index contributed by atoms with van der Waals surface area (Å²) in [6.45, 7) is 5.56. The number of nitrogens with zero attached hydrogens (tertiary/aromatic N) is 2. The summed E-state index contributed by atoms with van der Waals surface area (Å²) in [6, 6.07) is 5.33. The number of pyridine rings is 1. The molecule has 0 bridgehead atoms. The van der Waals surface area contributed by atoms with Crippen molar-refractivity contribution < 1.29 is 0 Å². The lowest BCUT2D eigenvalue weighted by Gasteiger charge is -2.30. The van der Waals surface area contributed by atoms with Crippen molar-refractivity contribution in [2.24, 2.45) is 5.73 Å². The third-order valence-electron chi connectivity index (χ3n) is 3.19. The molecule has 1 aromatic rings. The van der Waals surface area contributed by atoms with Crippen LogP contribution in [0.4, 0.5) is 0 Å². The van der Waals surface area contributed by atoms with Gasteiger partial charge in [-0.1, -0.05) is 0 Å². The van der Waals surface area contributed by atoms with E-state index >= 15 is 0 Å². The van der Waals surface area contributed by atoms with Crippen LogP contribution < -0.4 is 5.73 Å². The van der Waals surface area contributed by atoms with Crippen molar-refractivity contribution in [3.63, 3.8) is 0 Å². The van der Waals surface area contributed by atoms with Gasteiger partial charge in [0.15, 0.2) is 0 Å². The van der Waals surface area contributed by atoms with E-state index in [9.17, 15) is 0 Å². The molecule has 0 aromatic carbocycles. The zero-order valence-corrected chi connectivity index (χ0v) is 9.43. The number of rotatable bonds is 2. The van der Waals surface area contributed by atoms with Crippen LogP contribution >= 0.6 is 0 Å². The molecular formula is C12H19N3. The average Bonchev–Trinajstić information content (AvgIpc) is 2.61. The molecular weight excluding hydrogens is 186 g/mol. The fourth-order valence-electron chi connectivity index (χ4n) is 2.42. The molecule has 82 valence electrons. The summed E-state index contributed by atoms with van der Waals surface area (Å²) in [7, 11) is 0. The highest BCUT2D eigenvalue weighted by Gasteiger charge is 2.33. The SMILES string of the molecule is CC(C)N1CC[C@@H](N)[C@@H]1c1ccncc1. The number of aromatic nitrogens is 1. The molecule has 15 heavy (non-hydrogen) atoms. The lowest BCUT2D eigenvalue weighted by Crippen LogP contribution is -2.35. The first-order valence-electron chi connectivity index (χ1n) is 5.61. The van der Waals surface area contributed by atoms with E-state index in [4.69, 9.17) is 5.73 Å². The van der Waals surface area contributed by atoms with Crippen molar-refractivity contribution in [1.82, 2.24) is 9.88 Å². The molecule has 0 aliphatic carbocycles. The Labute approximate surface area is 91.3 Å². The molecule has 1 aliphatic rings. The Balaban J connectivity index is 2.25. The Hall–Kier alpha value is -0.930. The van der Waals surface area contributed by atoms with Crippen molar-refractivity contribution in [2.45, 2.75) is 38.4 Å². The third-order valence-corrected chi connectivity index (χ3v) is 3.19. The minimum absolute atomic E-state index is 0.259. The van der Waals surface area contributed by atoms with Crippen LogP contribution in [-0.2, 0) is 0 Å². The van der Waals surface area contributed by atoms with E-state index in [1.165, 1.54) is 5.56 Å². The van der Waals surface area contributed by atoms with Crippen LogP contribution in [0.15, 0.2) is 24.5 Å². The number of hydrogen-bond donors (Lipinski definition) is 1. The van der Waals surface area contributed by atoms with Crippen LogP contribution in [0.1, 0.15) is 31.9 Å². The average molecular weight is 205 g/mol. The smallest absolute Gasteiger partial charge is 0.0503 e. The van der Waals surface area contributed by atoms with Gasteiger partial charge in [0.1, 0.15) is 0 Å². The lowest BCUT2D eigenvalue weighted by molar-refractivity contribution is 0.198. The number of nitrogens with two attached hydrogens (primary N) is 1. The summed E-state index contributed by atoms with van der Waals surface area (Å²) in [6.07, 6.45) is 4.78. The quantitative estimate of drug-likeness (QED) is 0.796. The van der Waals surface area contributed by atoms with Crippen LogP contribution in [0.5, 0.6) is 0 Å². The van der Waals surface area contributed by atoms with Crippen LogP contribution in [-0.4, -0.2) is 28.5 Å². The minimum atomic E-state index is 0.259. The molecule has 2 rings (SSSR count). The van der Waals surface area contributed by atoms with Gasteiger partial charge in [0.05, 0.1) is 6.04 Å². The molecule has 0 radical (unpaired) electrons. The molecule has 1 aliphatic heterocycles. The van der Waals surface area contributed by atoms with Crippen molar-refractivity contribution in [3.05, 3.63) is 30.1 Å². The summed E-state index contributed by atoms with van der Waals surface area (Å²) in [4.78, 5) is 6.52. The fourth-order valence-corrected chi connectivity index (χ4v) is 2.42. The van der Waals surface area contributed by atoms with E-state index in [1.807, 2.05) is 12.4 Å². The zero-order valence-electron chi connectivity index (χ0n) is 9.43. The molecule has 3 nitrogen and oxygen atoms in total. The third kappa shape index (κ3) is 2.03. The minimum Gasteiger partial charge on any atom is -0.326 e. The predicted molar refractivity (Wildman–Crippen MR) is 61.4 cm³/mol. The summed E-state index contributed by atoms with van der Waals surface area (Å²) < 4.78 is 0. The second kappa shape index (κ2) is 4.29. The van der Waals surface area contributed by atoms with Gasteiger partial charge >= 0.3 is 0 Å². The first kappa shape index (κ1) is 10.6. The second-order valence-electron chi connectivity index (χ2n) is 4.51. The Morgan fingerprint density at radius 1 is 1.40 bits per heavy atom. The van der Waals surface area contributed by atoms with Gasteiger partial charge in [-0.25, -0.2) is 0 Å². The molecule has 1 aromatic heterocycles. The van der Waals surface area contributed by atoms with E-state index in [-0.39, 0.29) is 6.04 Å². The predicted octanol–water partition coefficient (Wildman–Crippen LogP) is 1.56. The maximum Gasteiger partial charge on any atom is 0.0503 e. The molecule has 1 fully saturated rings. The van der Waals surface area contributed by atoms with Crippen LogP contribution in [0.25, 0.3) is 0 Å². The summed E-state index contributed by atoms with van der Waals surface area (Å²) >= 11 is 0. The van der Waals surface area contributed by atoms with E-state index < -0.39 is 0 Å². The molecule has 0 spiro atoms. The molecule has 2 N–H and O–H groups in total. The van der Waals surface area contributed by atoms with Crippen LogP contribution in [0.3, 0.4) is 0 Å². The first-order valence-corrected chi connectivity index (χ1v) is 5.61. The maximum atomic E-state index is 6.18. The molecule has 2 heterocycles. The van der Waals surface area contributed by atoms with Crippen molar-refractivity contribution in [3.8, 4) is 0 Å². The van der Waals surface area contributed by atoms with Gasteiger partial charge < -0.3 is 5.73 Å². The van der Waals surface area contributed by atoms with Crippen LogP contribution in [0, 0.1) is 0 Å². The monoisotopic (exact) mass is 205 g/mol. The van der Waals surface area contributed by atoms with Crippen LogP contribution in [0.2, 0.25) is 0 Å². The molecule has 0 saturated carbocycles. The molecule has 0 amide bonds. The Morgan fingerprint density at radius 3 is 2.67 bits per heavy atom. The normalized spacial score (nSPS) is 27.5. The highest BCUT2D eigenvalue weighted by atomic mass is 15.2. The summed E-state index contributed by atoms with van der Waals surface area (Å²) in [5.74, 6) is 0. The first-order chi connectivity index (χ1) is 7.20. The molecule has 1 saturated heterocycles. The zero-order chi connectivity index (χ0) is 10.8. The standard InChI is InChI=1S/C12H19N3/c1-9(2)15-8-5-11(13)12(15)10-3-6-14-7-4-10/h3-4,6-7,9,11-12H,5,8,13H2,1-2H3/t11-,12+/m1/s1. The van der Waals surface area contributed by atoms with Gasteiger partial charge in [-0.05, 0) is 38.0 Å². The highest BCUT2D eigenvalue weighted by Crippen LogP contribution is 2.32. The Bertz CT molecular complexity index is 310. The van der Waals surface area contributed by atoms with E-state index in [1.54, 1.807) is 0 Å². The van der Waals surface area contributed by atoms with E-state index in [0.29, 0.717) is 12.1 Å². The van der Waals surface area contributed by atoms with Gasteiger partial charge in [-0.3, -0.25) is 9.88 Å². The number of likely N-dealkylation sites (tertiary alicyclic amines) is 1. The van der Waals surface area contributed by atoms with E-state index in [0.717, 1.165) is 13.0 Å². The largest absolute Gasteiger partial charge is 0.326 e.